The van der Waals surface area contributed by atoms with E-state index in [2.05, 4.69) is 105 Å². The summed E-state index contributed by atoms with van der Waals surface area (Å²) in [5.41, 5.74) is 13.6. The van der Waals surface area contributed by atoms with Gasteiger partial charge in [0.1, 0.15) is 0 Å². The maximum atomic E-state index is 9.54. The Bertz CT molecular complexity index is 1360. The Morgan fingerprint density at radius 3 is 2.15 bits per heavy atom. The molecule has 0 unspecified atom stereocenters. The molecule has 0 aliphatic carbocycles. The third-order valence-corrected chi connectivity index (χ3v) is 8.27. The molecule has 4 aromatic carbocycles. The van der Waals surface area contributed by atoms with Gasteiger partial charge in [-0.15, -0.1) is 0 Å². The van der Waals surface area contributed by atoms with Crippen LogP contribution < -0.4 is 5.73 Å². The lowest BCUT2D eigenvalue weighted by Gasteiger charge is -2.43. The molecule has 1 aliphatic heterocycles. The van der Waals surface area contributed by atoms with Crippen molar-refractivity contribution in [2.45, 2.75) is 51.5 Å². The highest BCUT2D eigenvalue weighted by Crippen LogP contribution is 2.42. The zero-order chi connectivity index (χ0) is 28.1. The van der Waals surface area contributed by atoms with Crippen molar-refractivity contribution in [1.82, 2.24) is 4.90 Å². The highest BCUT2D eigenvalue weighted by atomic mass is 16.7. The van der Waals surface area contributed by atoms with Crippen molar-refractivity contribution < 1.29 is 14.6 Å². The summed E-state index contributed by atoms with van der Waals surface area (Å²) in [6.45, 7) is 5.74. The molecule has 40 heavy (non-hydrogen) atoms. The summed E-state index contributed by atoms with van der Waals surface area (Å²) in [4.78, 5) is 2.36. The van der Waals surface area contributed by atoms with E-state index < -0.39 is 6.29 Å². The van der Waals surface area contributed by atoms with Crippen LogP contribution in [0.25, 0.3) is 11.1 Å². The number of benzene rings is 4. The molecule has 0 radical (unpaired) electrons. The number of ether oxygens (including phenoxy) is 2. The van der Waals surface area contributed by atoms with Gasteiger partial charge < -0.3 is 20.3 Å². The Hall–Kier alpha value is -3.32. The third-order valence-electron chi connectivity index (χ3n) is 8.27. The van der Waals surface area contributed by atoms with Gasteiger partial charge >= 0.3 is 0 Å². The van der Waals surface area contributed by atoms with Crippen molar-refractivity contribution in [2.24, 2.45) is 11.7 Å². The van der Waals surface area contributed by atoms with Gasteiger partial charge in [0.15, 0.2) is 6.29 Å². The van der Waals surface area contributed by atoms with Crippen molar-refractivity contribution in [1.29, 1.82) is 0 Å². The van der Waals surface area contributed by atoms with Gasteiger partial charge in [0.2, 0.25) is 0 Å². The van der Waals surface area contributed by atoms with Crippen molar-refractivity contribution in [3.63, 3.8) is 0 Å². The first-order valence-corrected chi connectivity index (χ1v) is 14.1. The average Bonchev–Trinajstić information content (AvgIpc) is 3.02. The zero-order valence-corrected chi connectivity index (χ0v) is 23.6. The summed E-state index contributed by atoms with van der Waals surface area (Å²) in [5, 5.41) is 9.54. The minimum Gasteiger partial charge on any atom is -0.392 e. The second kappa shape index (κ2) is 12.9. The molecule has 0 aromatic heterocycles. The minimum atomic E-state index is -0.497. The summed E-state index contributed by atoms with van der Waals surface area (Å²) in [6, 6.07) is 35.6. The van der Waals surface area contributed by atoms with Gasteiger partial charge in [0, 0.05) is 30.6 Å². The lowest BCUT2D eigenvalue weighted by molar-refractivity contribution is -0.276. The number of rotatable bonds is 9. The van der Waals surface area contributed by atoms with E-state index in [9.17, 15) is 5.11 Å². The molecule has 5 atom stereocenters. The van der Waals surface area contributed by atoms with Gasteiger partial charge in [-0.25, -0.2) is 0 Å². The van der Waals surface area contributed by atoms with Gasteiger partial charge in [-0.05, 0) is 47.4 Å². The minimum absolute atomic E-state index is 0.0253. The Morgan fingerprint density at radius 2 is 1.48 bits per heavy atom. The smallest absolute Gasteiger partial charge is 0.184 e. The summed E-state index contributed by atoms with van der Waals surface area (Å²) in [7, 11) is 2.16. The van der Waals surface area contributed by atoms with Gasteiger partial charge in [-0.2, -0.15) is 0 Å². The highest BCUT2D eigenvalue weighted by molar-refractivity contribution is 5.67. The van der Waals surface area contributed by atoms with Gasteiger partial charge in [0.25, 0.3) is 0 Å². The van der Waals surface area contributed by atoms with E-state index in [4.69, 9.17) is 15.2 Å². The summed E-state index contributed by atoms with van der Waals surface area (Å²) in [5.74, 6) is 0.123. The molecule has 0 bridgehead atoms. The largest absolute Gasteiger partial charge is 0.392 e. The molecule has 3 N–H and O–H groups in total. The maximum absolute atomic E-state index is 9.54. The second-order valence-electron chi connectivity index (χ2n) is 10.8. The monoisotopic (exact) mass is 536 g/mol. The van der Waals surface area contributed by atoms with Crippen LogP contribution >= 0.6 is 0 Å². The van der Waals surface area contributed by atoms with Crippen LogP contribution in [0.2, 0.25) is 0 Å². The van der Waals surface area contributed by atoms with E-state index in [-0.39, 0.29) is 30.8 Å². The van der Waals surface area contributed by atoms with Crippen LogP contribution in [0.15, 0.2) is 103 Å². The fraction of sp³-hybridized carbons (Fsp3) is 0.314. The Balaban J connectivity index is 1.41. The molecular formula is C35H40N2O3. The standard InChI is InChI=1S/C35H40N2O3/c1-24-33(22-37(3)25(2)27-9-5-4-6-10-27)39-35(40-34(24)29-15-13-26(23-38)14-16-29)30-19-17-28(18-20-30)32-12-8-7-11-31(32)21-36/h4-20,24-25,33-35,38H,21-23,36H2,1-3H3/t24-,25-,33+,34+,35+/m0/s1. The molecule has 5 rings (SSSR count). The van der Waals surface area contributed by atoms with Crippen LogP contribution in [0.4, 0.5) is 0 Å². The van der Waals surface area contributed by atoms with E-state index >= 15 is 0 Å². The van der Waals surface area contributed by atoms with Gasteiger partial charge in [0.05, 0.1) is 18.8 Å². The van der Waals surface area contributed by atoms with Crippen LogP contribution in [0.1, 0.15) is 60.1 Å². The number of hydrogen-bond donors (Lipinski definition) is 2. The van der Waals surface area contributed by atoms with Crippen molar-refractivity contribution >= 4 is 0 Å². The Morgan fingerprint density at radius 1 is 0.825 bits per heavy atom. The summed E-state index contributed by atoms with van der Waals surface area (Å²) < 4.78 is 13.4. The molecule has 4 aromatic rings. The Kier molecular flexibility index (Phi) is 9.10. The van der Waals surface area contributed by atoms with E-state index in [1.807, 2.05) is 24.3 Å². The fourth-order valence-corrected chi connectivity index (χ4v) is 5.56. The number of aliphatic hydroxyl groups excluding tert-OH is 1. The molecule has 0 saturated carbocycles. The van der Waals surface area contributed by atoms with Crippen LogP contribution in [-0.4, -0.2) is 29.7 Å². The number of hydrogen-bond acceptors (Lipinski definition) is 5. The number of nitrogens with zero attached hydrogens (tertiary/aromatic N) is 1. The molecule has 5 heteroatoms. The molecule has 1 saturated heterocycles. The van der Waals surface area contributed by atoms with Crippen molar-refractivity contribution in [3.05, 3.63) is 131 Å². The van der Waals surface area contributed by atoms with E-state index in [1.54, 1.807) is 0 Å². The lowest BCUT2D eigenvalue weighted by Crippen LogP contribution is -2.44. The first-order chi connectivity index (χ1) is 19.5. The second-order valence-corrected chi connectivity index (χ2v) is 10.8. The normalized spacial score (nSPS) is 21.9. The molecular weight excluding hydrogens is 496 g/mol. The SMILES string of the molecule is C[C@H]1[C@@H](CN(C)[C@@H](C)c2ccccc2)O[C@@H](c2ccc(-c3ccccc3CN)cc2)O[C@H]1c1ccc(CO)cc1. The third kappa shape index (κ3) is 6.20. The van der Waals surface area contributed by atoms with Gasteiger partial charge in [-0.1, -0.05) is 110 Å². The average molecular weight is 537 g/mol. The molecule has 0 amide bonds. The molecule has 208 valence electrons. The molecule has 0 spiro atoms. The van der Waals surface area contributed by atoms with E-state index in [1.165, 1.54) is 5.56 Å². The topological polar surface area (TPSA) is 68.0 Å². The fourth-order valence-electron chi connectivity index (χ4n) is 5.56. The van der Waals surface area contributed by atoms with Crippen LogP contribution in [0, 0.1) is 5.92 Å². The predicted octanol–water partition coefficient (Wildman–Crippen LogP) is 6.79. The van der Waals surface area contributed by atoms with Crippen LogP contribution in [0.5, 0.6) is 0 Å². The van der Waals surface area contributed by atoms with Crippen molar-refractivity contribution in [3.8, 4) is 11.1 Å². The first kappa shape index (κ1) is 28.2. The number of aliphatic hydroxyl groups is 1. The summed E-state index contributed by atoms with van der Waals surface area (Å²) >= 11 is 0. The van der Waals surface area contributed by atoms with Crippen molar-refractivity contribution in [2.75, 3.05) is 13.6 Å². The number of nitrogens with two attached hydrogens (primary N) is 1. The molecule has 1 fully saturated rings. The van der Waals surface area contributed by atoms with Gasteiger partial charge in [-0.3, -0.25) is 4.90 Å². The summed E-state index contributed by atoms with van der Waals surface area (Å²) in [6.07, 6.45) is -0.687. The molecule has 1 aliphatic rings. The van der Waals surface area contributed by atoms with E-state index in [0.29, 0.717) is 6.54 Å². The Labute approximate surface area is 238 Å². The van der Waals surface area contributed by atoms with Crippen LogP contribution in [0.3, 0.4) is 0 Å². The molecule has 5 nitrogen and oxygen atoms in total. The zero-order valence-electron chi connectivity index (χ0n) is 23.6. The van der Waals surface area contributed by atoms with E-state index in [0.717, 1.165) is 39.9 Å². The molecule has 1 heterocycles. The quantitative estimate of drug-likeness (QED) is 0.247. The maximum Gasteiger partial charge on any atom is 0.184 e. The lowest BCUT2D eigenvalue weighted by atomic mass is 9.89. The first-order valence-electron chi connectivity index (χ1n) is 14.1. The van der Waals surface area contributed by atoms with Crippen LogP contribution in [-0.2, 0) is 22.6 Å². The number of likely N-dealkylation sites (N-methyl/N-ethyl adjacent to an activating group) is 1. The predicted molar refractivity (Wildman–Crippen MR) is 160 cm³/mol. The highest BCUT2D eigenvalue weighted by Gasteiger charge is 2.39.